The molecule has 0 spiro atoms. The average Bonchev–Trinajstić information content (AvgIpc) is 3.17. The third-order valence-electron chi connectivity index (χ3n) is 4.66. The summed E-state index contributed by atoms with van der Waals surface area (Å²) in [6.45, 7) is 0. The zero-order valence-corrected chi connectivity index (χ0v) is 15.3. The van der Waals surface area contributed by atoms with Gasteiger partial charge < -0.3 is 15.1 Å². The Labute approximate surface area is 165 Å². The molecule has 2 aromatic heterocycles. The lowest BCUT2D eigenvalue weighted by atomic mass is 10.1. The average molecular weight is 380 g/mol. The topological polar surface area (TPSA) is 97.3 Å². The maximum atomic E-state index is 11.5. The van der Waals surface area contributed by atoms with Gasteiger partial charge in [-0.15, -0.1) is 0 Å². The predicted octanol–water partition coefficient (Wildman–Crippen LogP) is 4.31. The molecule has 0 saturated carbocycles. The molecule has 2 heterocycles. The van der Waals surface area contributed by atoms with E-state index in [4.69, 9.17) is 10.2 Å². The summed E-state index contributed by atoms with van der Waals surface area (Å²) in [5.74, 6) is 0.153. The Morgan fingerprint density at radius 2 is 1.79 bits per heavy atom. The van der Waals surface area contributed by atoms with Crippen molar-refractivity contribution in [3.8, 4) is 11.4 Å². The van der Waals surface area contributed by atoms with Crippen LogP contribution in [-0.4, -0.2) is 15.9 Å². The van der Waals surface area contributed by atoms with E-state index >= 15 is 0 Å². The Kier molecular flexibility index (Phi) is 3.95. The lowest BCUT2D eigenvalue weighted by molar-refractivity contribution is 0.100. The van der Waals surface area contributed by atoms with E-state index in [0.29, 0.717) is 28.2 Å². The molecule has 0 atom stereocenters. The number of nitrogens with two attached hydrogens (primary N) is 1. The number of carbonyl (C=O) groups excluding carboxylic acids is 1. The molecule has 6 heteroatoms. The molecule has 3 aromatic carbocycles. The molecule has 0 aliphatic heterocycles. The van der Waals surface area contributed by atoms with Crippen LogP contribution >= 0.6 is 0 Å². The number of H-pyrrole nitrogens is 1. The fourth-order valence-electron chi connectivity index (χ4n) is 3.25. The Bertz CT molecular complexity index is 1410. The van der Waals surface area contributed by atoms with Crippen LogP contribution in [0.4, 0.5) is 5.69 Å². The summed E-state index contributed by atoms with van der Waals surface area (Å²) in [4.78, 5) is 24.2. The molecule has 0 fully saturated rings. The summed E-state index contributed by atoms with van der Waals surface area (Å²) in [6, 6.07) is 24.3. The normalized spacial score (nSPS) is 11.9. The molecule has 5 rings (SSSR count). The van der Waals surface area contributed by atoms with Gasteiger partial charge >= 0.3 is 0 Å². The first kappa shape index (κ1) is 16.9. The maximum Gasteiger partial charge on any atom is 0.248 e. The molecule has 5 aromatic rings. The van der Waals surface area contributed by atoms with Crippen molar-refractivity contribution < 1.29 is 9.21 Å². The van der Waals surface area contributed by atoms with E-state index in [-0.39, 0.29) is 0 Å². The SMILES string of the molecule is NC(=O)c1cccc(N=c2oc3ccccc3cc2-c2nc3ccccc3[nH]2)c1. The van der Waals surface area contributed by atoms with E-state index in [2.05, 4.69) is 15.0 Å². The van der Waals surface area contributed by atoms with Gasteiger partial charge in [-0.25, -0.2) is 9.98 Å². The van der Waals surface area contributed by atoms with Gasteiger partial charge in [-0.1, -0.05) is 36.4 Å². The second kappa shape index (κ2) is 6.76. The number of hydrogen-bond acceptors (Lipinski definition) is 4. The Morgan fingerprint density at radius 1 is 0.966 bits per heavy atom. The van der Waals surface area contributed by atoms with Crippen molar-refractivity contribution in [3.05, 3.63) is 90.0 Å². The van der Waals surface area contributed by atoms with E-state index in [1.165, 1.54) is 0 Å². The number of hydrogen-bond donors (Lipinski definition) is 2. The number of benzene rings is 3. The smallest absolute Gasteiger partial charge is 0.248 e. The van der Waals surface area contributed by atoms with Crippen LogP contribution in [0.1, 0.15) is 10.4 Å². The monoisotopic (exact) mass is 380 g/mol. The van der Waals surface area contributed by atoms with Gasteiger partial charge in [0.1, 0.15) is 11.4 Å². The molecule has 0 unspecified atom stereocenters. The summed E-state index contributed by atoms with van der Waals surface area (Å²) >= 11 is 0. The van der Waals surface area contributed by atoms with Gasteiger partial charge in [0.15, 0.2) is 0 Å². The highest BCUT2D eigenvalue weighted by Crippen LogP contribution is 2.23. The zero-order valence-electron chi connectivity index (χ0n) is 15.3. The van der Waals surface area contributed by atoms with E-state index < -0.39 is 5.91 Å². The van der Waals surface area contributed by atoms with Gasteiger partial charge in [0.05, 0.1) is 22.3 Å². The summed E-state index contributed by atoms with van der Waals surface area (Å²) in [7, 11) is 0. The molecule has 3 N–H and O–H groups in total. The number of fused-ring (bicyclic) bond motifs is 2. The van der Waals surface area contributed by atoms with Crippen LogP contribution in [0.2, 0.25) is 0 Å². The second-order valence-electron chi connectivity index (χ2n) is 6.63. The Hall–Kier alpha value is -4.19. The van der Waals surface area contributed by atoms with Crippen molar-refractivity contribution >= 4 is 33.6 Å². The van der Waals surface area contributed by atoms with E-state index in [0.717, 1.165) is 22.0 Å². The van der Waals surface area contributed by atoms with Gasteiger partial charge in [0, 0.05) is 10.9 Å². The number of rotatable bonds is 3. The summed E-state index contributed by atoms with van der Waals surface area (Å²) < 4.78 is 6.10. The lowest BCUT2D eigenvalue weighted by Crippen LogP contribution is -2.10. The molecular weight excluding hydrogens is 364 g/mol. The molecule has 0 aliphatic rings. The number of imidazole rings is 1. The fraction of sp³-hybridized carbons (Fsp3) is 0. The Balaban J connectivity index is 1.78. The highest BCUT2D eigenvalue weighted by molar-refractivity contribution is 5.93. The molecule has 0 radical (unpaired) electrons. The number of carbonyl (C=O) groups is 1. The predicted molar refractivity (Wildman–Crippen MR) is 111 cm³/mol. The quantitative estimate of drug-likeness (QED) is 0.488. The van der Waals surface area contributed by atoms with Gasteiger partial charge in [0.25, 0.3) is 0 Å². The highest BCUT2D eigenvalue weighted by Gasteiger charge is 2.11. The van der Waals surface area contributed by atoms with E-state index in [1.807, 2.05) is 54.6 Å². The second-order valence-corrected chi connectivity index (χ2v) is 6.63. The van der Waals surface area contributed by atoms with Crippen LogP contribution in [-0.2, 0) is 0 Å². The largest absolute Gasteiger partial charge is 0.438 e. The number of aromatic amines is 1. The van der Waals surface area contributed by atoms with Crippen molar-refractivity contribution in [2.45, 2.75) is 0 Å². The van der Waals surface area contributed by atoms with Crippen molar-refractivity contribution in [3.63, 3.8) is 0 Å². The highest BCUT2D eigenvalue weighted by atomic mass is 16.3. The number of aromatic nitrogens is 2. The van der Waals surface area contributed by atoms with Crippen LogP contribution in [0.5, 0.6) is 0 Å². The first-order valence-corrected chi connectivity index (χ1v) is 9.10. The zero-order chi connectivity index (χ0) is 19.8. The molecule has 0 saturated heterocycles. The summed E-state index contributed by atoms with van der Waals surface area (Å²) in [6.07, 6.45) is 0. The van der Waals surface area contributed by atoms with Crippen LogP contribution in [0.15, 0.2) is 88.3 Å². The Morgan fingerprint density at radius 3 is 2.66 bits per heavy atom. The third kappa shape index (κ3) is 3.17. The number of nitrogens with one attached hydrogen (secondary N) is 1. The number of primary amides is 1. The van der Waals surface area contributed by atoms with Crippen LogP contribution in [0.25, 0.3) is 33.4 Å². The van der Waals surface area contributed by atoms with Crippen LogP contribution in [0.3, 0.4) is 0 Å². The molecule has 29 heavy (non-hydrogen) atoms. The first-order chi connectivity index (χ1) is 14.2. The van der Waals surface area contributed by atoms with Gasteiger partial charge in [-0.05, 0) is 42.5 Å². The van der Waals surface area contributed by atoms with Crippen LogP contribution < -0.4 is 11.3 Å². The lowest BCUT2D eigenvalue weighted by Gasteiger charge is -2.03. The maximum absolute atomic E-state index is 11.5. The number of para-hydroxylation sites is 3. The minimum absolute atomic E-state index is 0.386. The summed E-state index contributed by atoms with van der Waals surface area (Å²) in [5, 5.41) is 0.938. The molecule has 140 valence electrons. The van der Waals surface area contributed by atoms with Crippen molar-refractivity contribution in [1.82, 2.24) is 9.97 Å². The van der Waals surface area contributed by atoms with E-state index in [9.17, 15) is 4.79 Å². The molecule has 1 amide bonds. The van der Waals surface area contributed by atoms with Crippen LogP contribution in [0, 0.1) is 0 Å². The molecular formula is C23H16N4O2. The van der Waals surface area contributed by atoms with Gasteiger partial charge in [-0.2, -0.15) is 0 Å². The third-order valence-corrected chi connectivity index (χ3v) is 4.66. The number of nitrogens with zero attached hydrogens (tertiary/aromatic N) is 2. The minimum Gasteiger partial charge on any atom is -0.438 e. The fourth-order valence-corrected chi connectivity index (χ4v) is 3.25. The van der Waals surface area contributed by atoms with Gasteiger partial charge in [0.2, 0.25) is 11.5 Å². The van der Waals surface area contributed by atoms with Crippen molar-refractivity contribution in [1.29, 1.82) is 0 Å². The first-order valence-electron chi connectivity index (χ1n) is 9.10. The molecule has 0 aliphatic carbocycles. The molecule has 6 nitrogen and oxygen atoms in total. The van der Waals surface area contributed by atoms with Crippen molar-refractivity contribution in [2.75, 3.05) is 0 Å². The van der Waals surface area contributed by atoms with Crippen molar-refractivity contribution in [2.24, 2.45) is 10.7 Å². The van der Waals surface area contributed by atoms with Gasteiger partial charge in [-0.3, -0.25) is 4.79 Å². The standard InChI is InChI=1S/C23H16N4O2/c24-21(28)15-7-5-8-16(12-15)25-23-17(13-14-6-1-4-11-20(14)29-23)22-26-18-9-2-3-10-19(18)27-22/h1-13H,(H2,24,28)(H,26,27). The van der Waals surface area contributed by atoms with E-state index in [1.54, 1.807) is 24.3 Å². The summed E-state index contributed by atoms with van der Waals surface area (Å²) in [5.41, 5.74) is 9.96. The molecule has 0 bridgehead atoms. The minimum atomic E-state index is -0.505. The number of amides is 1.